The van der Waals surface area contributed by atoms with Crippen LogP contribution in [0.25, 0.3) is 0 Å². The zero-order chi connectivity index (χ0) is 15.1. The van der Waals surface area contributed by atoms with Crippen LogP contribution in [0.1, 0.15) is 28.5 Å². The lowest BCUT2D eigenvalue weighted by molar-refractivity contribution is 0.0994. The number of halogens is 3. The molecule has 0 aliphatic carbocycles. The van der Waals surface area contributed by atoms with Crippen molar-refractivity contribution in [3.05, 3.63) is 45.6 Å². The van der Waals surface area contributed by atoms with E-state index in [-0.39, 0.29) is 11.7 Å². The van der Waals surface area contributed by atoms with Crippen molar-refractivity contribution in [2.24, 2.45) is 5.73 Å². The number of anilines is 1. The van der Waals surface area contributed by atoms with Crippen molar-refractivity contribution in [2.45, 2.75) is 12.5 Å². The van der Waals surface area contributed by atoms with Crippen molar-refractivity contribution in [3.63, 3.8) is 0 Å². The number of hydrogen-bond donors (Lipinski definition) is 2. The van der Waals surface area contributed by atoms with Gasteiger partial charge in [-0.2, -0.15) is 5.10 Å². The maximum atomic E-state index is 13.4. The number of nitrogens with zero attached hydrogens (tertiary/aromatic N) is 2. The molecule has 5 nitrogen and oxygen atoms in total. The van der Waals surface area contributed by atoms with Crippen LogP contribution in [0.5, 0.6) is 0 Å². The second kappa shape index (κ2) is 5.10. The second-order valence-electron chi connectivity index (χ2n) is 4.75. The second-order valence-corrected chi connectivity index (χ2v) is 5.55. The van der Waals surface area contributed by atoms with E-state index < -0.39 is 17.5 Å². The van der Waals surface area contributed by atoms with Crippen LogP contribution in [-0.4, -0.2) is 22.2 Å². The van der Waals surface area contributed by atoms with Crippen molar-refractivity contribution < 1.29 is 13.6 Å². The van der Waals surface area contributed by atoms with Gasteiger partial charge in [-0.1, -0.05) is 0 Å². The highest BCUT2D eigenvalue weighted by Gasteiger charge is 2.28. The summed E-state index contributed by atoms with van der Waals surface area (Å²) < 4.78 is 28.8. The molecule has 1 atom stereocenters. The minimum Gasteiger partial charge on any atom is -0.369 e. The molecule has 1 aliphatic heterocycles. The number of nitrogens with two attached hydrogens (primary N) is 1. The number of aromatic nitrogens is 2. The number of hydrogen-bond acceptors (Lipinski definition) is 3. The first-order chi connectivity index (χ1) is 9.97. The molecule has 1 aromatic heterocycles. The summed E-state index contributed by atoms with van der Waals surface area (Å²) in [5, 5.41) is 7.25. The lowest BCUT2D eigenvalue weighted by Gasteiger charge is -2.26. The van der Waals surface area contributed by atoms with E-state index in [9.17, 15) is 13.6 Å². The Morgan fingerprint density at radius 3 is 2.67 bits per heavy atom. The lowest BCUT2D eigenvalue weighted by Crippen LogP contribution is -2.25. The van der Waals surface area contributed by atoms with Crippen molar-refractivity contribution in [2.75, 3.05) is 11.9 Å². The van der Waals surface area contributed by atoms with Gasteiger partial charge in [0.05, 0.1) is 10.5 Å². The van der Waals surface area contributed by atoms with Gasteiger partial charge in [-0.05, 0) is 40.0 Å². The summed E-state index contributed by atoms with van der Waals surface area (Å²) in [7, 11) is 0. The van der Waals surface area contributed by atoms with Crippen molar-refractivity contribution in [3.8, 4) is 0 Å². The minimum absolute atomic E-state index is 0.0845. The van der Waals surface area contributed by atoms with Crippen LogP contribution >= 0.6 is 15.9 Å². The van der Waals surface area contributed by atoms with Crippen LogP contribution in [0.4, 0.5) is 14.6 Å². The van der Waals surface area contributed by atoms with Crippen LogP contribution in [0.3, 0.4) is 0 Å². The third-order valence-electron chi connectivity index (χ3n) is 3.36. The topological polar surface area (TPSA) is 72.9 Å². The Labute approximate surface area is 127 Å². The molecule has 0 fully saturated rings. The van der Waals surface area contributed by atoms with E-state index in [4.69, 9.17) is 5.73 Å². The molecular formula is C13H11BrF2N4O. The number of amides is 1. The van der Waals surface area contributed by atoms with E-state index in [2.05, 4.69) is 26.3 Å². The molecule has 1 aliphatic rings. The molecule has 0 saturated carbocycles. The van der Waals surface area contributed by atoms with E-state index in [1.165, 1.54) is 16.8 Å². The summed E-state index contributed by atoms with van der Waals surface area (Å²) in [5.41, 5.74) is 5.81. The molecule has 1 aromatic carbocycles. The van der Waals surface area contributed by atoms with E-state index >= 15 is 0 Å². The van der Waals surface area contributed by atoms with E-state index in [1.807, 2.05) is 0 Å². The fraction of sp³-hybridized carbons (Fsp3) is 0.231. The van der Waals surface area contributed by atoms with Gasteiger partial charge in [-0.3, -0.25) is 4.79 Å². The monoisotopic (exact) mass is 356 g/mol. The number of fused-ring (bicyclic) bond motifs is 1. The van der Waals surface area contributed by atoms with Gasteiger partial charge in [0.2, 0.25) is 0 Å². The quantitative estimate of drug-likeness (QED) is 0.867. The van der Waals surface area contributed by atoms with Gasteiger partial charge in [0.15, 0.2) is 5.69 Å². The maximum Gasteiger partial charge on any atom is 0.270 e. The first-order valence-electron chi connectivity index (χ1n) is 6.25. The summed E-state index contributed by atoms with van der Waals surface area (Å²) in [6.45, 7) is 0.589. The van der Waals surface area contributed by atoms with Crippen molar-refractivity contribution in [1.29, 1.82) is 0 Å². The third kappa shape index (κ3) is 2.39. The van der Waals surface area contributed by atoms with Crippen LogP contribution in [0, 0.1) is 11.6 Å². The van der Waals surface area contributed by atoms with Crippen LogP contribution in [-0.2, 0) is 0 Å². The molecule has 110 valence electrons. The molecule has 21 heavy (non-hydrogen) atoms. The number of benzene rings is 1. The average molecular weight is 357 g/mol. The maximum absolute atomic E-state index is 13.4. The predicted molar refractivity (Wildman–Crippen MR) is 76.0 cm³/mol. The third-order valence-corrected chi connectivity index (χ3v) is 4.11. The van der Waals surface area contributed by atoms with Gasteiger partial charge in [0, 0.05) is 12.6 Å². The summed E-state index contributed by atoms with van der Waals surface area (Å²) in [5.74, 6) is -1.39. The number of nitrogens with one attached hydrogen (secondary N) is 1. The summed E-state index contributed by atoms with van der Waals surface area (Å²) in [6.07, 6.45) is 0.586. The highest BCUT2D eigenvalue weighted by atomic mass is 79.9. The predicted octanol–water partition coefficient (Wildman–Crippen LogP) is 2.43. The molecule has 0 bridgehead atoms. The molecule has 1 unspecified atom stereocenters. The Bertz CT molecular complexity index is 711. The fourth-order valence-electron chi connectivity index (χ4n) is 2.48. The zero-order valence-corrected chi connectivity index (χ0v) is 12.3. The number of carbonyl (C=O) groups excluding carboxylic acids is 1. The number of carbonyl (C=O) groups is 1. The Morgan fingerprint density at radius 1 is 1.38 bits per heavy atom. The van der Waals surface area contributed by atoms with Gasteiger partial charge >= 0.3 is 0 Å². The first-order valence-corrected chi connectivity index (χ1v) is 7.04. The smallest absolute Gasteiger partial charge is 0.270 e. The van der Waals surface area contributed by atoms with Gasteiger partial charge in [0.1, 0.15) is 17.5 Å². The largest absolute Gasteiger partial charge is 0.369 e. The van der Waals surface area contributed by atoms with Crippen molar-refractivity contribution in [1.82, 2.24) is 9.78 Å². The highest BCUT2D eigenvalue weighted by Crippen LogP contribution is 2.36. The minimum atomic E-state index is -0.672. The summed E-state index contributed by atoms with van der Waals surface area (Å²) in [4.78, 5) is 11.4. The van der Waals surface area contributed by atoms with Gasteiger partial charge in [-0.25, -0.2) is 13.5 Å². The SMILES string of the molecule is NC(=O)c1nn2c(c1Br)NCCC2c1cc(F)cc(F)c1. The molecule has 0 radical (unpaired) electrons. The van der Waals surface area contributed by atoms with Crippen LogP contribution < -0.4 is 11.1 Å². The van der Waals surface area contributed by atoms with E-state index in [0.717, 1.165) is 6.07 Å². The van der Waals surface area contributed by atoms with Crippen LogP contribution in [0.15, 0.2) is 22.7 Å². The van der Waals surface area contributed by atoms with Crippen molar-refractivity contribution >= 4 is 27.7 Å². The number of primary amides is 1. The number of rotatable bonds is 2. The molecule has 3 N–H and O–H groups in total. The Morgan fingerprint density at radius 2 is 2.05 bits per heavy atom. The molecular weight excluding hydrogens is 346 g/mol. The van der Waals surface area contributed by atoms with Crippen LogP contribution in [0.2, 0.25) is 0 Å². The highest BCUT2D eigenvalue weighted by molar-refractivity contribution is 9.10. The molecule has 2 aromatic rings. The first kappa shape index (κ1) is 14.0. The average Bonchev–Trinajstić information content (AvgIpc) is 2.75. The Hall–Kier alpha value is -1.96. The molecule has 0 spiro atoms. The standard InChI is InChI=1S/C13H11BrF2N4O/c14-10-11(12(17)21)19-20-9(1-2-18-13(10)20)6-3-7(15)5-8(16)4-6/h3-5,9,18H,1-2H2,(H2,17,21). The normalized spacial score (nSPS) is 17.2. The fourth-order valence-corrected chi connectivity index (χ4v) is 3.08. The van der Waals surface area contributed by atoms with E-state index in [0.29, 0.717) is 28.8 Å². The van der Waals surface area contributed by atoms with Gasteiger partial charge in [-0.15, -0.1) is 0 Å². The summed E-state index contributed by atoms with van der Waals surface area (Å²) >= 11 is 3.27. The molecule has 8 heteroatoms. The van der Waals surface area contributed by atoms with E-state index in [1.54, 1.807) is 0 Å². The Kier molecular flexibility index (Phi) is 3.40. The molecule has 1 amide bonds. The Balaban J connectivity index is 2.12. The zero-order valence-electron chi connectivity index (χ0n) is 10.7. The lowest BCUT2D eigenvalue weighted by atomic mass is 10.0. The molecule has 0 saturated heterocycles. The summed E-state index contributed by atoms with van der Waals surface area (Å²) in [6, 6.07) is 2.99. The molecule has 2 heterocycles. The molecule has 3 rings (SSSR count). The van der Waals surface area contributed by atoms with Gasteiger partial charge < -0.3 is 11.1 Å². The van der Waals surface area contributed by atoms with Gasteiger partial charge in [0.25, 0.3) is 5.91 Å².